The van der Waals surface area contributed by atoms with Crippen molar-refractivity contribution in [2.75, 3.05) is 0 Å². The lowest BCUT2D eigenvalue weighted by Gasteiger charge is -2.08. The van der Waals surface area contributed by atoms with Crippen LogP contribution >= 0.6 is 11.8 Å². The second kappa shape index (κ2) is 4.33. The summed E-state index contributed by atoms with van der Waals surface area (Å²) in [6, 6.07) is 0.228. The molecule has 0 aromatic rings. The summed E-state index contributed by atoms with van der Waals surface area (Å²) in [4.78, 5) is 0. The minimum atomic E-state index is 0. The molecule has 4 heteroatoms. The summed E-state index contributed by atoms with van der Waals surface area (Å²) in [6.45, 7) is 3.82. The lowest BCUT2D eigenvalue weighted by atomic mass is 10.4. The van der Waals surface area contributed by atoms with E-state index in [4.69, 9.17) is 17.6 Å². The van der Waals surface area contributed by atoms with Gasteiger partial charge in [-0.05, 0) is 25.6 Å². The Bertz CT molecular complexity index is 33.9. The highest BCUT2D eigenvalue weighted by Gasteiger charge is 1.94. The van der Waals surface area contributed by atoms with Crippen molar-refractivity contribution in [1.29, 1.82) is 0 Å². The average Bonchev–Trinajstić information content (AvgIpc) is 1.36. The van der Waals surface area contributed by atoms with E-state index in [1.165, 1.54) is 0 Å². The summed E-state index contributed by atoms with van der Waals surface area (Å²) in [7, 11) is 0. The van der Waals surface area contributed by atoms with Crippen molar-refractivity contribution in [2.45, 2.75) is 19.9 Å². The Morgan fingerprint density at radius 3 is 1.71 bits per heavy atom. The maximum Gasteiger partial charge on any atom is 0.0349 e. The molecule has 0 spiro atoms. The number of hydrogen-bond acceptors (Lipinski definition) is 2. The molecule has 4 N–H and O–H groups in total. The molecule has 0 radical (unpaired) electrons. The summed E-state index contributed by atoms with van der Waals surface area (Å²) < 4.78 is 1.14. The van der Waals surface area contributed by atoms with Gasteiger partial charge >= 0.3 is 0 Å². The highest BCUT2D eigenvalue weighted by atomic mass is 35.5. The van der Waals surface area contributed by atoms with E-state index in [0.717, 1.165) is 4.53 Å². The zero-order valence-electron chi connectivity index (χ0n) is 4.48. The van der Waals surface area contributed by atoms with Gasteiger partial charge in [0.1, 0.15) is 0 Å². The molecule has 0 amide bonds. The first-order valence-corrected chi connectivity index (χ1v) is 2.18. The molecule has 0 heterocycles. The third-order valence-electron chi connectivity index (χ3n) is 0.493. The van der Waals surface area contributed by atoms with Gasteiger partial charge < -0.3 is 5.48 Å². The smallest absolute Gasteiger partial charge is 0.0349 e. The van der Waals surface area contributed by atoms with Crippen LogP contribution in [0.2, 0.25) is 0 Å². The standard InChI is InChI=1S/C3H9ClN2.H2O/c1-3(2)6(4)5;/h3H,5H2,1-2H3;1H2. The molecule has 0 bridgehead atoms. The van der Waals surface area contributed by atoms with Gasteiger partial charge in [0.15, 0.2) is 0 Å². The lowest BCUT2D eigenvalue weighted by molar-refractivity contribution is 0.398. The molecule has 7 heavy (non-hydrogen) atoms. The van der Waals surface area contributed by atoms with Crippen molar-refractivity contribution in [3.63, 3.8) is 0 Å². The van der Waals surface area contributed by atoms with Crippen molar-refractivity contribution in [3.8, 4) is 0 Å². The molecule has 0 saturated heterocycles. The first-order valence-electron chi connectivity index (χ1n) is 1.84. The van der Waals surface area contributed by atoms with Crippen molar-refractivity contribution >= 4 is 11.8 Å². The Hall–Kier alpha value is 0.170. The second-order valence-corrected chi connectivity index (χ2v) is 1.83. The van der Waals surface area contributed by atoms with Crippen LogP contribution in [0, 0.1) is 0 Å². The fraction of sp³-hybridized carbons (Fsp3) is 1.00. The molecule has 0 aromatic carbocycles. The van der Waals surface area contributed by atoms with Crippen molar-refractivity contribution in [3.05, 3.63) is 0 Å². The molecule has 0 rings (SSSR count). The fourth-order valence-electron chi connectivity index (χ4n) is 0. The van der Waals surface area contributed by atoms with Gasteiger partial charge in [-0.2, -0.15) is 4.53 Å². The molecule has 46 valence electrons. The first-order chi connectivity index (χ1) is 2.64. The van der Waals surface area contributed by atoms with Crippen LogP contribution < -0.4 is 5.84 Å². The molecule has 0 fully saturated rings. The van der Waals surface area contributed by atoms with E-state index in [2.05, 4.69) is 0 Å². The van der Waals surface area contributed by atoms with Crippen LogP contribution in [0.25, 0.3) is 0 Å². The van der Waals surface area contributed by atoms with Gasteiger partial charge in [0, 0.05) is 6.04 Å². The second-order valence-electron chi connectivity index (χ2n) is 1.44. The van der Waals surface area contributed by atoms with E-state index in [0.29, 0.717) is 0 Å². The summed E-state index contributed by atoms with van der Waals surface area (Å²) in [5, 5.41) is 0. The van der Waals surface area contributed by atoms with Gasteiger partial charge in [0.25, 0.3) is 0 Å². The van der Waals surface area contributed by atoms with Gasteiger partial charge in [-0.1, -0.05) is 0 Å². The van der Waals surface area contributed by atoms with Gasteiger partial charge in [-0.15, -0.1) is 0 Å². The van der Waals surface area contributed by atoms with Crippen LogP contribution in [0.4, 0.5) is 0 Å². The Morgan fingerprint density at radius 1 is 1.57 bits per heavy atom. The van der Waals surface area contributed by atoms with E-state index in [1.807, 2.05) is 13.8 Å². The van der Waals surface area contributed by atoms with E-state index in [9.17, 15) is 0 Å². The highest BCUT2D eigenvalue weighted by Crippen LogP contribution is 1.90. The molecule has 3 nitrogen and oxygen atoms in total. The van der Waals surface area contributed by atoms with Gasteiger partial charge in [0.05, 0.1) is 0 Å². The SMILES string of the molecule is CC(C)N(N)Cl.O. The zero-order valence-corrected chi connectivity index (χ0v) is 5.24. The van der Waals surface area contributed by atoms with E-state index < -0.39 is 0 Å². The Labute approximate surface area is 48.4 Å². The van der Waals surface area contributed by atoms with E-state index >= 15 is 0 Å². The number of rotatable bonds is 1. The molecule has 0 aliphatic rings. The van der Waals surface area contributed by atoms with Crippen LogP contribution in [-0.4, -0.2) is 16.0 Å². The molecule has 0 unspecified atom stereocenters. The monoisotopic (exact) mass is 126 g/mol. The Kier molecular flexibility index (Phi) is 6.32. The summed E-state index contributed by atoms with van der Waals surface area (Å²) in [6.07, 6.45) is 0. The molecule has 0 aliphatic heterocycles. The normalized spacial score (nSPS) is 9.43. The third kappa shape index (κ3) is 6.17. The first kappa shape index (κ1) is 10.2. The molecular weight excluding hydrogens is 115 g/mol. The van der Waals surface area contributed by atoms with Crippen molar-refractivity contribution < 1.29 is 5.48 Å². The summed E-state index contributed by atoms with van der Waals surface area (Å²) in [5.41, 5.74) is 0. The third-order valence-corrected chi connectivity index (χ3v) is 0.884. The topological polar surface area (TPSA) is 60.8 Å². The van der Waals surface area contributed by atoms with Crippen molar-refractivity contribution in [1.82, 2.24) is 4.53 Å². The molecule has 0 saturated carbocycles. The molecular formula is C3H11ClN2O. The fourth-order valence-corrected chi connectivity index (χ4v) is 0. The summed E-state index contributed by atoms with van der Waals surface area (Å²) >= 11 is 5.22. The summed E-state index contributed by atoms with van der Waals surface area (Å²) in [5.74, 6) is 5.03. The maximum atomic E-state index is 5.22. The molecule has 0 aromatic heterocycles. The van der Waals surface area contributed by atoms with Gasteiger partial charge in [-0.3, -0.25) is 5.84 Å². The highest BCUT2D eigenvalue weighted by molar-refractivity contribution is 6.13. The largest absolute Gasteiger partial charge is 0.412 e. The quantitative estimate of drug-likeness (QED) is 0.303. The predicted octanol–water partition coefficient (Wildman–Crippen LogP) is -0.100. The molecule has 0 aliphatic carbocycles. The molecule has 0 atom stereocenters. The number of nitrogens with zero attached hydrogens (tertiary/aromatic N) is 1. The number of hydrazine groups is 1. The Balaban J connectivity index is 0. The van der Waals surface area contributed by atoms with Crippen LogP contribution in [0.1, 0.15) is 13.8 Å². The van der Waals surface area contributed by atoms with Crippen LogP contribution in [0.5, 0.6) is 0 Å². The zero-order chi connectivity index (χ0) is 5.15. The average molecular weight is 127 g/mol. The van der Waals surface area contributed by atoms with Crippen LogP contribution in [0.15, 0.2) is 0 Å². The predicted molar refractivity (Wildman–Crippen MR) is 30.6 cm³/mol. The number of nitrogens with two attached hydrogens (primary N) is 1. The van der Waals surface area contributed by atoms with Crippen molar-refractivity contribution in [2.24, 2.45) is 5.84 Å². The van der Waals surface area contributed by atoms with Gasteiger partial charge in [0.2, 0.25) is 0 Å². The number of halogens is 1. The van der Waals surface area contributed by atoms with Crippen LogP contribution in [0.3, 0.4) is 0 Å². The lowest BCUT2D eigenvalue weighted by Crippen LogP contribution is -2.27. The number of hydrogen-bond donors (Lipinski definition) is 1. The minimum absolute atomic E-state index is 0. The van der Waals surface area contributed by atoms with Gasteiger partial charge in [-0.25, -0.2) is 0 Å². The van der Waals surface area contributed by atoms with E-state index in [-0.39, 0.29) is 11.5 Å². The minimum Gasteiger partial charge on any atom is -0.412 e. The van der Waals surface area contributed by atoms with Crippen LogP contribution in [-0.2, 0) is 0 Å². The Morgan fingerprint density at radius 2 is 1.71 bits per heavy atom. The van der Waals surface area contributed by atoms with E-state index in [1.54, 1.807) is 0 Å². The maximum absolute atomic E-state index is 5.22.